The van der Waals surface area contributed by atoms with Crippen LogP contribution in [0.4, 0.5) is 5.69 Å². The Morgan fingerprint density at radius 2 is 1.85 bits per heavy atom. The summed E-state index contributed by atoms with van der Waals surface area (Å²) in [5, 5.41) is 3.05. The van der Waals surface area contributed by atoms with E-state index in [1.165, 1.54) is 17.0 Å². The summed E-state index contributed by atoms with van der Waals surface area (Å²) in [7, 11) is 0. The Morgan fingerprint density at radius 1 is 1.19 bits per heavy atom. The number of piperidine rings is 1. The van der Waals surface area contributed by atoms with E-state index < -0.39 is 0 Å². The van der Waals surface area contributed by atoms with Crippen molar-refractivity contribution in [1.29, 1.82) is 0 Å². The lowest BCUT2D eigenvalue weighted by atomic mass is 9.96. The number of nitrogens with zero attached hydrogens (tertiary/aromatic N) is 3. The van der Waals surface area contributed by atoms with Gasteiger partial charge in [0.15, 0.2) is 0 Å². The van der Waals surface area contributed by atoms with Gasteiger partial charge in [-0.15, -0.1) is 0 Å². The lowest BCUT2D eigenvalue weighted by Gasteiger charge is -2.32. The number of hydrogen-bond donors (Lipinski definition) is 1. The Hall–Kier alpha value is -2.14. The molecule has 1 aliphatic heterocycles. The molecule has 0 spiro atoms. The van der Waals surface area contributed by atoms with E-state index in [4.69, 9.17) is 0 Å². The van der Waals surface area contributed by atoms with Gasteiger partial charge >= 0.3 is 0 Å². The number of imidazole rings is 1. The Morgan fingerprint density at radius 3 is 2.48 bits per heavy atom. The van der Waals surface area contributed by atoms with E-state index in [-0.39, 0.29) is 5.91 Å². The van der Waals surface area contributed by atoms with Crippen molar-refractivity contribution in [2.24, 2.45) is 5.92 Å². The maximum Gasteiger partial charge on any atom is 0.238 e. The third-order valence-electron chi connectivity index (χ3n) is 5.30. The largest absolute Gasteiger partial charge is 0.334 e. The molecule has 0 aliphatic carbocycles. The molecule has 3 rings (SSSR count). The molecule has 1 aliphatic rings. The zero-order valence-corrected chi connectivity index (χ0v) is 17.0. The van der Waals surface area contributed by atoms with Crippen LogP contribution in [0.15, 0.2) is 30.6 Å². The molecule has 2 heterocycles. The normalized spacial score (nSPS) is 16.0. The lowest BCUT2D eigenvalue weighted by Crippen LogP contribution is -2.40. The van der Waals surface area contributed by atoms with Crippen LogP contribution in [0.25, 0.3) is 0 Å². The van der Waals surface area contributed by atoms with E-state index in [9.17, 15) is 4.79 Å². The van der Waals surface area contributed by atoms with Gasteiger partial charge in [0.25, 0.3) is 0 Å². The number of carbonyl (C=O) groups is 1. The summed E-state index contributed by atoms with van der Waals surface area (Å²) in [6, 6.07) is 6.16. The fourth-order valence-electron chi connectivity index (χ4n) is 4.03. The molecule has 5 heteroatoms. The molecular weight excluding hydrogens is 336 g/mol. The van der Waals surface area contributed by atoms with E-state index in [0.717, 1.165) is 38.2 Å². The lowest BCUT2D eigenvalue weighted by molar-refractivity contribution is -0.117. The summed E-state index contributed by atoms with van der Waals surface area (Å²) < 4.78 is 2.30. The Kier molecular flexibility index (Phi) is 6.32. The third kappa shape index (κ3) is 5.42. The number of rotatable bonds is 6. The highest BCUT2D eigenvalue weighted by molar-refractivity contribution is 5.92. The van der Waals surface area contributed by atoms with Crippen LogP contribution in [0.5, 0.6) is 0 Å². The second-order valence-electron chi connectivity index (χ2n) is 8.24. The smallest absolute Gasteiger partial charge is 0.238 e. The number of aromatic nitrogens is 2. The van der Waals surface area contributed by atoms with E-state index in [2.05, 4.69) is 59.7 Å². The van der Waals surface area contributed by atoms with Gasteiger partial charge in [0.1, 0.15) is 5.82 Å². The van der Waals surface area contributed by atoms with E-state index in [1.807, 2.05) is 18.3 Å². The SMILES string of the molecule is Cc1cc(C)cc(NC(=O)CN2CCC(Cn3ccnc3C(C)C)CC2)c1. The fourth-order valence-corrected chi connectivity index (χ4v) is 4.03. The molecule has 1 N–H and O–H groups in total. The standard InChI is InChI=1S/C22H32N4O/c1-16(2)22-23-7-10-26(22)14-19-5-8-25(9-6-19)15-21(27)24-20-12-17(3)11-18(4)13-20/h7,10-13,16,19H,5-6,8-9,14-15H2,1-4H3,(H,24,27). The second-order valence-corrected chi connectivity index (χ2v) is 8.24. The van der Waals surface area contributed by atoms with Gasteiger partial charge in [0.2, 0.25) is 5.91 Å². The highest BCUT2D eigenvalue weighted by Crippen LogP contribution is 2.22. The fraction of sp³-hybridized carbons (Fsp3) is 0.545. The van der Waals surface area contributed by atoms with E-state index in [1.54, 1.807) is 0 Å². The first-order valence-corrected chi connectivity index (χ1v) is 10.0. The number of amides is 1. The molecule has 0 unspecified atom stereocenters. The minimum Gasteiger partial charge on any atom is -0.334 e. The molecule has 5 nitrogen and oxygen atoms in total. The first-order valence-electron chi connectivity index (χ1n) is 10.0. The molecule has 1 saturated heterocycles. The molecule has 1 amide bonds. The van der Waals surface area contributed by atoms with E-state index >= 15 is 0 Å². The van der Waals surface area contributed by atoms with Gasteiger partial charge in [-0.25, -0.2) is 4.98 Å². The van der Waals surface area contributed by atoms with Crippen LogP contribution in [0, 0.1) is 19.8 Å². The van der Waals surface area contributed by atoms with E-state index in [0.29, 0.717) is 18.4 Å². The molecule has 0 bridgehead atoms. The van der Waals surface area contributed by atoms with Crippen molar-refractivity contribution in [2.75, 3.05) is 25.0 Å². The molecule has 146 valence electrons. The Bertz CT molecular complexity index is 752. The number of nitrogens with one attached hydrogen (secondary N) is 1. The average Bonchev–Trinajstić information content (AvgIpc) is 3.04. The molecule has 27 heavy (non-hydrogen) atoms. The van der Waals surface area contributed by atoms with Crippen LogP contribution in [-0.2, 0) is 11.3 Å². The van der Waals surface area contributed by atoms with Crippen molar-refractivity contribution in [3.8, 4) is 0 Å². The number of carbonyl (C=O) groups excluding carboxylic acids is 1. The first-order chi connectivity index (χ1) is 12.9. The Labute approximate surface area is 162 Å². The van der Waals surface area contributed by atoms with Crippen molar-refractivity contribution in [2.45, 2.75) is 53.0 Å². The topological polar surface area (TPSA) is 50.2 Å². The number of benzene rings is 1. The summed E-state index contributed by atoms with van der Waals surface area (Å²) in [4.78, 5) is 19.2. The summed E-state index contributed by atoms with van der Waals surface area (Å²) in [6.07, 6.45) is 6.26. The molecule has 1 aromatic heterocycles. The predicted octanol–water partition coefficient (Wildman–Crippen LogP) is 3.97. The quantitative estimate of drug-likeness (QED) is 0.839. The van der Waals surface area contributed by atoms with Gasteiger partial charge in [-0.2, -0.15) is 0 Å². The van der Waals surface area contributed by atoms with Gasteiger partial charge in [-0.1, -0.05) is 19.9 Å². The minimum atomic E-state index is 0.0788. The van der Waals surface area contributed by atoms with Crippen LogP contribution in [-0.4, -0.2) is 40.0 Å². The third-order valence-corrected chi connectivity index (χ3v) is 5.30. The van der Waals surface area contributed by atoms with Crippen molar-refractivity contribution < 1.29 is 4.79 Å². The van der Waals surface area contributed by atoms with Gasteiger partial charge < -0.3 is 9.88 Å². The van der Waals surface area contributed by atoms with Crippen LogP contribution in [0.3, 0.4) is 0 Å². The molecule has 0 saturated carbocycles. The number of hydrogen-bond acceptors (Lipinski definition) is 3. The van der Waals surface area contributed by atoms with Gasteiger partial charge in [0.05, 0.1) is 6.54 Å². The molecule has 0 atom stereocenters. The summed E-state index contributed by atoms with van der Waals surface area (Å²) in [5.41, 5.74) is 3.24. The summed E-state index contributed by atoms with van der Waals surface area (Å²) in [6.45, 7) is 12.0. The number of anilines is 1. The van der Waals surface area contributed by atoms with Crippen molar-refractivity contribution in [3.05, 3.63) is 47.5 Å². The molecule has 1 aromatic carbocycles. The van der Waals surface area contributed by atoms with Crippen molar-refractivity contribution in [3.63, 3.8) is 0 Å². The van der Waals surface area contributed by atoms with Crippen LogP contribution in [0.2, 0.25) is 0 Å². The highest BCUT2D eigenvalue weighted by Gasteiger charge is 2.22. The van der Waals surface area contributed by atoms with Crippen LogP contribution < -0.4 is 5.32 Å². The van der Waals surface area contributed by atoms with Gasteiger partial charge in [-0.3, -0.25) is 9.69 Å². The summed E-state index contributed by atoms with van der Waals surface area (Å²) in [5.74, 6) is 2.37. The monoisotopic (exact) mass is 368 g/mol. The molecule has 1 fully saturated rings. The average molecular weight is 369 g/mol. The number of likely N-dealkylation sites (tertiary alicyclic amines) is 1. The zero-order chi connectivity index (χ0) is 19.4. The van der Waals surface area contributed by atoms with Gasteiger partial charge in [-0.05, 0) is 69.0 Å². The predicted molar refractivity (Wildman–Crippen MR) is 110 cm³/mol. The molecule has 0 radical (unpaired) electrons. The number of aryl methyl sites for hydroxylation is 2. The zero-order valence-electron chi connectivity index (χ0n) is 17.0. The molecule has 2 aromatic rings. The maximum atomic E-state index is 12.4. The summed E-state index contributed by atoms with van der Waals surface area (Å²) >= 11 is 0. The Balaban J connectivity index is 1.46. The first kappa shape index (κ1) is 19.6. The minimum absolute atomic E-state index is 0.0788. The van der Waals surface area contributed by atoms with Crippen LogP contribution >= 0.6 is 0 Å². The maximum absolute atomic E-state index is 12.4. The second kappa shape index (κ2) is 8.70. The highest BCUT2D eigenvalue weighted by atomic mass is 16.2. The van der Waals surface area contributed by atoms with Crippen molar-refractivity contribution >= 4 is 11.6 Å². The molecular formula is C22H32N4O. The van der Waals surface area contributed by atoms with Crippen molar-refractivity contribution in [1.82, 2.24) is 14.5 Å². The van der Waals surface area contributed by atoms with Crippen LogP contribution in [0.1, 0.15) is 49.6 Å². The van der Waals surface area contributed by atoms with Gasteiger partial charge in [0, 0.05) is 30.5 Å².